The Morgan fingerprint density at radius 2 is 2.04 bits per heavy atom. The summed E-state index contributed by atoms with van der Waals surface area (Å²) in [5.41, 5.74) is 1.83. The number of likely N-dealkylation sites (tertiary alicyclic amines) is 1. The molecule has 0 spiro atoms. The van der Waals surface area contributed by atoms with Crippen LogP contribution in [0.5, 0.6) is 0 Å². The molecule has 1 aliphatic rings. The average Bonchev–Trinajstić information content (AvgIpc) is 3.01. The molecule has 4 nitrogen and oxygen atoms in total. The van der Waals surface area contributed by atoms with Crippen LogP contribution in [0.25, 0.3) is 0 Å². The van der Waals surface area contributed by atoms with Gasteiger partial charge in [-0.1, -0.05) is 39.0 Å². The van der Waals surface area contributed by atoms with E-state index in [-0.39, 0.29) is 17.9 Å². The molecule has 0 aliphatic carbocycles. The van der Waals surface area contributed by atoms with Crippen molar-refractivity contribution < 1.29 is 9.90 Å². The van der Waals surface area contributed by atoms with Crippen molar-refractivity contribution in [1.82, 2.24) is 10.2 Å². The van der Waals surface area contributed by atoms with Gasteiger partial charge in [0, 0.05) is 18.2 Å². The molecule has 1 unspecified atom stereocenters. The standard InChI is InChI=1S/C20H32N2O2/c1-20(2,3)18-11-5-4-10-17(18)19(24)21-12-6-7-13-22-14-8-9-16(22)15-23/h4-5,10-11,16,23H,6-9,12-15H2,1-3H3,(H,21,24). The van der Waals surface area contributed by atoms with E-state index in [1.807, 2.05) is 24.3 Å². The second-order valence-corrected chi connectivity index (χ2v) is 7.77. The summed E-state index contributed by atoms with van der Waals surface area (Å²) in [6, 6.07) is 8.21. The lowest BCUT2D eigenvalue weighted by Crippen LogP contribution is -2.33. The maximum atomic E-state index is 12.5. The van der Waals surface area contributed by atoms with Gasteiger partial charge in [0.2, 0.25) is 0 Å². The summed E-state index contributed by atoms with van der Waals surface area (Å²) in [4.78, 5) is 14.8. The number of rotatable bonds is 7. The highest BCUT2D eigenvalue weighted by Gasteiger charge is 2.23. The minimum absolute atomic E-state index is 0.0231. The van der Waals surface area contributed by atoms with E-state index in [0.717, 1.165) is 43.5 Å². The fourth-order valence-corrected chi connectivity index (χ4v) is 3.47. The molecule has 1 aliphatic heterocycles. The molecular formula is C20H32N2O2. The SMILES string of the molecule is CC(C)(C)c1ccccc1C(=O)NCCCCN1CCCC1CO. The number of carbonyl (C=O) groups is 1. The number of aliphatic hydroxyl groups is 1. The maximum Gasteiger partial charge on any atom is 0.251 e. The zero-order chi connectivity index (χ0) is 17.6. The Balaban J connectivity index is 1.76. The molecular weight excluding hydrogens is 300 g/mol. The predicted octanol–water partition coefficient (Wildman–Crippen LogP) is 2.95. The predicted molar refractivity (Wildman–Crippen MR) is 98.4 cm³/mol. The minimum atomic E-state index is -0.0387. The van der Waals surface area contributed by atoms with E-state index in [0.29, 0.717) is 12.6 Å². The Labute approximate surface area is 146 Å². The summed E-state index contributed by atoms with van der Waals surface area (Å²) in [6.07, 6.45) is 4.32. The Morgan fingerprint density at radius 1 is 1.29 bits per heavy atom. The average molecular weight is 332 g/mol. The van der Waals surface area contributed by atoms with Crippen LogP contribution in [0.2, 0.25) is 0 Å². The van der Waals surface area contributed by atoms with Crippen molar-refractivity contribution in [3.8, 4) is 0 Å². The fraction of sp³-hybridized carbons (Fsp3) is 0.650. The number of nitrogens with one attached hydrogen (secondary N) is 1. The summed E-state index contributed by atoms with van der Waals surface area (Å²) in [5.74, 6) is 0.0231. The van der Waals surface area contributed by atoms with Gasteiger partial charge < -0.3 is 10.4 Å². The molecule has 0 saturated carbocycles. The minimum Gasteiger partial charge on any atom is -0.395 e. The Morgan fingerprint density at radius 3 is 2.75 bits per heavy atom. The molecule has 1 fully saturated rings. The summed E-state index contributed by atoms with van der Waals surface area (Å²) in [5, 5.41) is 12.4. The van der Waals surface area contributed by atoms with Crippen molar-refractivity contribution in [1.29, 1.82) is 0 Å². The number of benzene rings is 1. The second-order valence-electron chi connectivity index (χ2n) is 7.77. The number of carbonyl (C=O) groups excluding carboxylic acids is 1. The molecule has 0 bridgehead atoms. The largest absolute Gasteiger partial charge is 0.395 e. The molecule has 1 atom stereocenters. The Hall–Kier alpha value is -1.39. The van der Waals surface area contributed by atoms with Crippen molar-refractivity contribution in [2.45, 2.75) is 57.9 Å². The quantitative estimate of drug-likeness (QED) is 0.755. The lowest BCUT2D eigenvalue weighted by atomic mass is 9.83. The van der Waals surface area contributed by atoms with Gasteiger partial charge in [-0.15, -0.1) is 0 Å². The van der Waals surface area contributed by atoms with Gasteiger partial charge in [0.05, 0.1) is 6.61 Å². The normalized spacial score (nSPS) is 18.8. The van der Waals surface area contributed by atoms with Crippen molar-refractivity contribution in [2.24, 2.45) is 0 Å². The number of nitrogens with zero attached hydrogens (tertiary/aromatic N) is 1. The summed E-state index contributed by atoms with van der Waals surface area (Å²) in [6.45, 7) is 9.47. The fourth-order valence-electron chi connectivity index (χ4n) is 3.47. The number of hydrogen-bond acceptors (Lipinski definition) is 3. The maximum absolute atomic E-state index is 12.5. The van der Waals surface area contributed by atoms with E-state index >= 15 is 0 Å². The molecule has 1 heterocycles. The Bertz CT molecular complexity index is 537. The third-order valence-corrected chi connectivity index (χ3v) is 4.85. The molecule has 1 saturated heterocycles. The van der Waals surface area contributed by atoms with Crippen LogP contribution < -0.4 is 5.32 Å². The van der Waals surface area contributed by atoms with Crippen LogP contribution in [0.15, 0.2) is 24.3 Å². The van der Waals surface area contributed by atoms with Gasteiger partial charge in [0.25, 0.3) is 5.91 Å². The molecule has 2 N–H and O–H groups in total. The van der Waals surface area contributed by atoms with Gasteiger partial charge in [-0.3, -0.25) is 9.69 Å². The van der Waals surface area contributed by atoms with E-state index in [2.05, 4.69) is 31.0 Å². The van der Waals surface area contributed by atoms with E-state index in [1.165, 1.54) is 6.42 Å². The lowest BCUT2D eigenvalue weighted by molar-refractivity contribution is 0.0950. The number of hydrogen-bond donors (Lipinski definition) is 2. The Kier molecular flexibility index (Phi) is 6.81. The highest BCUT2D eigenvalue weighted by Crippen LogP contribution is 2.25. The third kappa shape index (κ3) is 5.05. The van der Waals surface area contributed by atoms with Crippen LogP contribution in [0, 0.1) is 0 Å². The lowest BCUT2D eigenvalue weighted by Gasteiger charge is -2.23. The highest BCUT2D eigenvalue weighted by molar-refractivity contribution is 5.96. The topological polar surface area (TPSA) is 52.6 Å². The van der Waals surface area contributed by atoms with Crippen molar-refractivity contribution >= 4 is 5.91 Å². The van der Waals surface area contributed by atoms with Crippen molar-refractivity contribution in [3.05, 3.63) is 35.4 Å². The summed E-state index contributed by atoms with van der Waals surface area (Å²) < 4.78 is 0. The highest BCUT2D eigenvalue weighted by atomic mass is 16.3. The zero-order valence-corrected chi connectivity index (χ0v) is 15.3. The van der Waals surface area contributed by atoms with Gasteiger partial charge >= 0.3 is 0 Å². The number of aliphatic hydroxyl groups excluding tert-OH is 1. The first kappa shape index (κ1) is 18.9. The van der Waals surface area contributed by atoms with E-state index in [4.69, 9.17) is 0 Å². The monoisotopic (exact) mass is 332 g/mol. The van der Waals surface area contributed by atoms with Gasteiger partial charge in [-0.25, -0.2) is 0 Å². The smallest absolute Gasteiger partial charge is 0.251 e. The molecule has 134 valence electrons. The molecule has 1 aromatic rings. The number of amides is 1. The van der Waals surface area contributed by atoms with Gasteiger partial charge in [-0.05, 0) is 55.8 Å². The molecule has 0 radical (unpaired) electrons. The van der Waals surface area contributed by atoms with E-state index in [9.17, 15) is 9.90 Å². The second kappa shape index (κ2) is 8.63. The van der Waals surface area contributed by atoms with Crippen LogP contribution in [0.3, 0.4) is 0 Å². The number of unbranched alkanes of at least 4 members (excludes halogenated alkanes) is 1. The summed E-state index contributed by atoms with van der Waals surface area (Å²) in [7, 11) is 0. The summed E-state index contributed by atoms with van der Waals surface area (Å²) >= 11 is 0. The molecule has 2 rings (SSSR count). The zero-order valence-electron chi connectivity index (χ0n) is 15.3. The van der Waals surface area contributed by atoms with Gasteiger partial charge in [0.1, 0.15) is 0 Å². The van der Waals surface area contributed by atoms with Crippen molar-refractivity contribution in [3.63, 3.8) is 0 Å². The van der Waals surface area contributed by atoms with Crippen LogP contribution in [0.1, 0.15) is 62.4 Å². The van der Waals surface area contributed by atoms with Crippen LogP contribution in [-0.4, -0.2) is 48.2 Å². The van der Waals surface area contributed by atoms with Crippen LogP contribution >= 0.6 is 0 Å². The van der Waals surface area contributed by atoms with Gasteiger partial charge in [-0.2, -0.15) is 0 Å². The molecule has 1 aromatic carbocycles. The molecule has 1 amide bonds. The first-order chi connectivity index (χ1) is 11.4. The first-order valence-corrected chi connectivity index (χ1v) is 9.16. The molecule has 24 heavy (non-hydrogen) atoms. The van der Waals surface area contributed by atoms with E-state index < -0.39 is 0 Å². The first-order valence-electron chi connectivity index (χ1n) is 9.16. The molecule has 4 heteroatoms. The van der Waals surface area contributed by atoms with Crippen LogP contribution in [-0.2, 0) is 5.41 Å². The van der Waals surface area contributed by atoms with Crippen molar-refractivity contribution in [2.75, 3.05) is 26.2 Å². The van der Waals surface area contributed by atoms with E-state index in [1.54, 1.807) is 0 Å². The third-order valence-electron chi connectivity index (χ3n) is 4.85. The van der Waals surface area contributed by atoms with Crippen LogP contribution in [0.4, 0.5) is 0 Å². The van der Waals surface area contributed by atoms with Gasteiger partial charge in [0.15, 0.2) is 0 Å². The molecule has 0 aromatic heterocycles.